The first-order valence-electron chi connectivity index (χ1n) is 9.87. The maximum absolute atomic E-state index is 13.1. The number of anilines is 1. The second-order valence-electron chi connectivity index (χ2n) is 7.70. The summed E-state index contributed by atoms with van der Waals surface area (Å²) in [6.07, 6.45) is 5.44. The van der Waals surface area contributed by atoms with E-state index >= 15 is 0 Å². The second-order valence-corrected chi connectivity index (χ2v) is 8.75. The third-order valence-corrected chi connectivity index (χ3v) is 6.20. The summed E-state index contributed by atoms with van der Waals surface area (Å²) in [7, 11) is 1.58. The highest BCUT2D eigenvalue weighted by Crippen LogP contribution is 2.38. The molecular weight excluding hydrogens is 372 g/mol. The van der Waals surface area contributed by atoms with Crippen LogP contribution in [-0.2, 0) is 22.4 Å². The fourth-order valence-electron chi connectivity index (χ4n) is 3.57. The van der Waals surface area contributed by atoms with Gasteiger partial charge in [0.05, 0.1) is 23.4 Å². The number of nitrogens with two attached hydrogens (primary N) is 1. The van der Waals surface area contributed by atoms with Crippen molar-refractivity contribution in [3.63, 3.8) is 0 Å². The minimum absolute atomic E-state index is 0.0437. The van der Waals surface area contributed by atoms with Crippen LogP contribution in [0.5, 0.6) is 0 Å². The van der Waals surface area contributed by atoms with Crippen molar-refractivity contribution in [3.05, 3.63) is 40.0 Å². The molecule has 1 heterocycles. The largest absolute Gasteiger partial charge is 0.497 e. The van der Waals surface area contributed by atoms with E-state index in [0.29, 0.717) is 36.2 Å². The first-order valence-corrected chi connectivity index (χ1v) is 10.7. The van der Waals surface area contributed by atoms with Gasteiger partial charge in [0.25, 0.3) is 0 Å². The SMILES string of the molecule is C=C(/C=C(\C)CN(CCCC)C(=O)Cc1c(N)sc2c1CC(C)CC2=O)OC. The zero-order chi connectivity index (χ0) is 20.8. The fourth-order valence-corrected chi connectivity index (χ4v) is 4.63. The smallest absolute Gasteiger partial charge is 0.227 e. The molecule has 1 unspecified atom stereocenters. The lowest BCUT2D eigenvalue weighted by Gasteiger charge is -2.24. The van der Waals surface area contributed by atoms with E-state index in [4.69, 9.17) is 10.5 Å². The van der Waals surface area contributed by atoms with Crippen molar-refractivity contribution in [1.29, 1.82) is 0 Å². The number of allylic oxidation sites excluding steroid dienone is 1. The minimum Gasteiger partial charge on any atom is -0.497 e. The van der Waals surface area contributed by atoms with E-state index in [-0.39, 0.29) is 18.1 Å². The third kappa shape index (κ3) is 5.47. The molecule has 6 heteroatoms. The summed E-state index contributed by atoms with van der Waals surface area (Å²) in [5, 5.41) is 0.608. The standard InChI is InChI=1S/C22H32N2O3S/c1-6-7-8-24(13-15(3)9-16(4)27-5)20(26)12-18-17-10-14(2)11-19(25)21(17)28-22(18)23/h9,14H,4,6-8,10-13,23H2,1-3,5H3/b15-9+. The Labute approximate surface area is 172 Å². The number of carbonyl (C=O) groups excluding carboxylic acids is 2. The molecule has 0 saturated carbocycles. The van der Waals surface area contributed by atoms with Crippen LogP contribution in [0.4, 0.5) is 5.00 Å². The quantitative estimate of drug-likeness (QED) is 0.490. The van der Waals surface area contributed by atoms with Crippen molar-refractivity contribution in [2.24, 2.45) is 5.92 Å². The van der Waals surface area contributed by atoms with Crippen molar-refractivity contribution in [3.8, 4) is 0 Å². The van der Waals surface area contributed by atoms with E-state index in [9.17, 15) is 9.59 Å². The summed E-state index contributed by atoms with van der Waals surface area (Å²) < 4.78 is 5.11. The van der Waals surface area contributed by atoms with Gasteiger partial charge in [-0.2, -0.15) is 0 Å². The number of amides is 1. The number of hydrogen-bond donors (Lipinski definition) is 1. The van der Waals surface area contributed by atoms with E-state index < -0.39 is 0 Å². The Bertz CT molecular complexity index is 779. The van der Waals surface area contributed by atoms with Gasteiger partial charge in [0.2, 0.25) is 5.91 Å². The molecule has 0 bridgehead atoms. The molecule has 0 spiro atoms. The summed E-state index contributed by atoms with van der Waals surface area (Å²) in [5.74, 6) is 1.07. The number of Topliss-reactive ketones (excluding diaryl/α,β-unsaturated/α-hetero) is 1. The number of rotatable bonds is 9. The first kappa shape index (κ1) is 22.2. The number of fused-ring (bicyclic) bond motifs is 1. The predicted octanol–water partition coefficient (Wildman–Crippen LogP) is 4.37. The van der Waals surface area contributed by atoms with Crippen LogP contribution >= 0.6 is 11.3 Å². The van der Waals surface area contributed by atoms with E-state index in [1.54, 1.807) is 7.11 Å². The van der Waals surface area contributed by atoms with Crippen LogP contribution in [-0.4, -0.2) is 36.8 Å². The molecule has 1 aromatic heterocycles. The Morgan fingerprint density at radius 1 is 1.43 bits per heavy atom. The van der Waals surface area contributed by atoms with Crippen molar-refractivity contribution in [2.75, 3.05) is 25.9 Å². The van der Waals surface area contributed by atoms with Gasteiger partial charge in [-0.25, -0.2) is 0 Å². The molecule has 1 aromatic rings. The molecule has 0 fully saturated rings. The monoisotopic (exact) mass is 404 g/mol. The van der Waals surface area contributed by atoms with Crippen molar-refractivity contribution in [2.45, 2.75) is 52.9 Å². The van der Waals surface area contributed by atoms with Crippen LogP contribution in [0.25, 0.3) is 0 Å². The highest BCUT2D eigenvalue weighted by Gasteiger charge is 2.30. The number of nitrogens with zero attached hydrogens (tertiary/aromatic N) is 1. The predicted molar refractivity (Wildman–Crippen MR) is 116 cm³/mol. The van der Waals surface area contributed by atoms with E-state index in [2.05, 4.69) is 20.4 Å². The lowest BCUT2D eigenvalue weighted by molar-refractivity contribution is -0.130. The lowest BCUT2D eigenvalue weighted by Crippen LogP contribution is -2.35. The number of thiophene rings is 1. The summed E-state index contributed by atoms with van der Waals surface area (Å²) in [6.45, 7) is 11.2. The van der Waals surface area contributed by atoms with Gasteiger partial charge in [0.1, 0.15) is 5.76 Å². The molecular formula is C22H32N2O3S. The Balaban J connectivity index is 2.21. The van der Waals surface area contributed by atoms with Crippen molar-refractivity contribution in [1.82, 2.24) is 4.90 Å². The average molecular weight is 405 g/mol. The third-order valence-electron chi connectivity index (χ3n) is 5.06. The van der Waals surface area contributed by atoms with Crippen molar-refractivity contribution >= 4 is 28.0 Å². The summed E-state index contributed by atoms with van der Waals surface area (Å²) in [5.41, 5.74) is 9.08. The van der Waals surface area contributed by atoms with Crippen molar-refractivity contribution < 1.29 is 14.3 Å². The van der Waals surface area contributed by atoms with Gasteiger partial charge in [-0.1, -0.05) is 32.4 Å². The van der Waals surface area contributed by atoms with Crippen LogP contribution in [0.2, 0.25) is 0 Å². The number of methoxy groups -OCH3 is 1. The highest BCUT2D eigenvalue weighted by atomic mass is 32.1. The van der Waals surface area contributed by atoms with Gasteiger partial charge < -0.3 is 15.4 Å². The number of ketones is 1. The normalized spacial score (nSPS) is 16.6. The van der Waals surface area contributed by atoms with Gasteiger partial charge in [0.15, 0.2) is 5.78 Å². The summed E-state index contributed by atoms with van der Waals surface area (Å²) in [4.78, 5) is 28.1. The zero-order valence-electron chi connectivity index (χ0n) is 17.5. The van der Waals surface area contributed by atoms with E-state index in [1.165, 1.54) is 11.3 Å². The van der Waals surface area contributed by atoms with Gasteiger partial charge in [-0.3, -0.25) is 9.59 Å². The number of ether oxygens (including phenoxy) is 1. The molecule has 2 N–H and O–H groups in total. The number of unbranched alkanes of at least 4 members (excludes halogenated alkanes) is 1. The maximum atomic E-state index is 13.1. The molecule has 28 heavy (non-hydrogen) atoms. The average Bonchev–Trinajstić information content (AvgIpc) is 2.94. The van der Waals surface area contributed by atoms with E-state index in [0.717, 1.165) is 40.8 Å². The first-order chi connectivity index (χ1) is 13.3. The maximum Gasteiger partial charge on any atom is 0.227 e. The zero-order valence-corrected chi connectivity index (χ0v) is 18.3. The van der Waals surface area contributed by atoms with Gasteiger partial charge >= 0.3 is 0 Å². The molecule has 0 saturated heterocycles. The Kier molecular flexibility index (Phi) is 7.87. The Morgan fingerprint density at radius 2 is 2.14 bits per heavy atom. The molecule has 5 nitrogen and oxygen atoms in total. The molecule has 1 aliphatic rings. The number of carbonyl (C=O) groups is 2. The minimum atomic E-state index is 0.0437. The molecule has 154 valence electrons. The fraction of sp³-hybridized carbons (Fsp3) is 0.545. The van der Waals surface area contributed by atoms with Gasteiger partial charge in [-0.05, 0) is 42.9 Å². The molecule has 1 atom stereocenters. The molecule has 0 aromatic carbocycles. The summed E-state index contributed by atoms with van der Waals surface area (Å²) >= 11 is 1.34. The lowest BCUT2D eigenvalue weighted by atomic mass is 9.86. The summed E-state index contributed by atoms with van der Waals surface area (Å²) in [6, 6.07) is 0. The molecule has 2 rings (SSSR count). The van der Waals surface area contributed by atoms with Crippen LogP contribution in [0.3, 0.4) is 0 Å². The molecule has 0 radical (unpaired) electrons. The number of nitrogen functional groups attached to an aromatic ring is 1. The highest BCUT2D eigenvalue weighted by molar-refractivity contribution is 7.18. The molecule has 1 amide bonds. The second kappa shape index (κ2) is 9.92. The van der Waals surface area contributed by atoms with E-state index in [1.807, 2.05) is 17.9 Å². The van der Waals surface area contributed by atoms with Crippen LogP contribution in [0.1, 0.15) is 60.8 Å². The van der Waals surface area contributed by atoms with Gasteiger partial charge in [0, 0.05) is 19.5 Å². The van der Waals surface area contributed by atoms with Crippen LogP contribution in [0.15, 0.2) is 24.0 Å². The van der Waals surface area contributed by atoms with Gasteiger partial charge in [-0.15, -0.1) is 11.3 Å². The topological polar surface area (TPSA) is 72.6 Å². The Morgan fingerprint density at radius 3 is 2.79 bits per heavy atom. The van der Waals surface area contributed by atoms with Crippen LogP contribution < -0.4 is 5.73 Å². The number of hydrogen-bond acceptors (Lipinski definition) is 5. The molecule has 0 aliphatic heterocycles. The molecule has 1 aliphatic carbocycles. The Hall–Kier alpha value is -2.08. The van der Waals surface area contributed by atoms with Crippen LogP contribution in [0, 0.1) is 5.92 Å².